The summed E-state index contributed by atoms with van der Waals surface area (Å²) < 4.78 is 28.4. The molecule has 0 aromatic heterocycles. The fourth-order valence-electron chi connectivity index (χ4n) is 4.94. The van der Waals surface area contributed by atoms with Crippen molar-refractivity contribution in [3.63, 3.8) is 0 Å². The van der Waals surface area contributed by atoms with E-state index in [0.717, 1.165) is 30.4 Å². The van der Waals surface area contributed by atoms with Gasteiger partial charge in [-0.15, -0.1) is 0 Å². The molecule has 2 aromatic rings. The van der Waals surface area contributed by atoms with Crippen LogP contribution < -0.4 is 0 Å². The molecule has 3 unspecified atom stereocenters. The molecule has 3 atom stereocenters. The van der Waals surface area contributed by atoms with Crippen LogP contribution in [0.5, 0.6) is 0 Å². The Morgan fingerprint density at radius 1 is 1.03 bits per heavy atom. The van der Waals surface area contributed by atoms with Gasteiger partial charge in [-0.1, -0.05) is 42.5 Å². The van der Waals surface area contributed by atoms with Gasteiger partial charge in [-0.2, -0.15) is 4.31 Å². The number of rotatable bonds is 5. The van der Waals surface area contributed by atoms with Crippen LogP contribution in [0.25, 0.3) is 0 Å². The van der Waals surface area contributed by atoms with E-state index in [2.05, 4.69) is 0 Å². The predicted octanol–water partition coefficient (Wildman–Crippen LogP) is 3.76. The summed E-state index contributed by atoms with van der Waals surface area (Å²) in [4.78, 5) is 14.7. The van der Waals surface area contributed by atoms with Gasteiger partial charge in [-0.3, -0.25) is 4.79 Å². The van der Waals surface area contributed by atoms with Crippen LogP contribution in [0.1, 0.15) is 65.4 Å². The van der Waals surface area contributed by atoms with Crippen molar-refractivity contribution >= 4 is 15.9 Å². The standard InChI is InChI=1S/C25H32N2O4S/c1-19(27-16-6-10-24(32(27,30)31)22-8-3-2-4-9-22)21-11-13-23(14-12-21)25(29)26-15-5-7-20(17-26)18-28/h2-4,8-9,11-14,19-20,24,28H,5-7,10,15-18H2,1H3. The Kier molecular flexibility index (Phi) is 6.98. The van der Waals surface area contributed by atoms with E-state index in [0.29, 0.717) is 31.6 Å². The van der Waals surface area contributed by atoms with E-state index >= 15 is 0 Å². The lowest BCUT2D eigenvalue weighted by Crippen LogP contribution is -2.41. The fourth-order valence-corrected chi connectivity index (χ4v) is 7.18. The summed E-state index contributed by atoms with van der Waals surface area (Å²) in [5.74, 6) is 0.117. The second-order valence-corrected chi connectivity index (χ2v) is 11.0. The molecule has 2 aliphatic rings. The first kappa shape index (κ1) is 23.0. The van der Waals surface area contributed by atoms with Crippen molar-refractivity contribution in [2.75, 3.05) is 26.2 Å². The second kappa shape index (κ2) is 9.73. The maximum absolute atomic E-state index is 13.4. The average Bonchev–Trinajstić information content (AvgIpc) is 2.83. The highest BCUT2D eigenvalue weighted by atomic mass is 32.2. The minimum absolute atomic E-state index is 0.0305. The Hall–Kier alpha value is -2.22. The number of carbonyl (C=O) groups is 1. The van der Waals surface area contributed by atoms with E-state index in [1.54, 1.807) is 16.4 Å². The molecule has 0 bridgehead atoms. The number of sulfonamides is 1. The smallest absolute Gasteiger partial charge is 0.253 e. The zero-order valence-corrected chi connectivity index (χ0v) is 19.4. The first-order valence-corrected chi connectivity index (χ1v) is 13.0. The number of amides is 1. The summed E-state index contributed by atoms with van der Waals surface area (Å²) in [5.41, 5.74) is 2.32. The lowest BCUT2D eigenvalue weighted by Gasteiger charge is -2.36. The van der Waals surface area contributed by atoms with Crippen molar-refractivity contribution in [2.24, 2.45) is 5.92 Å². The maximum Gasteiger partial charge on any atom is 0.253 e. The van der Waals surface area contributed by atoms with E-state index < -0.39 is 15.3 Å². The molecule has 0 aliphatic carbocycles. The normalized spacial score (nSPS) is 24.8. The summed E-state index contributed by atoms with van der Waals surface area (Å²) in [7, 11) is -3.48. The minimum Gasteiger partial charge on any atom is -0.396 e. The van der Waals surface area contributed by atoms with Gasteiger partial charge >= 0.3 is 0 Å². The Bertz CT molecular complexity index is 1020. The quantitative estimate of drug-likeness (QED) is 0.743. The molecule has 4 rings (SSSR count). The van der Waals surface area contributed by atoms with Gasteiger partial charge in [0.1, 0.15) is 5.25 Å². The van der Waals surface area contributed by atoms with Gasteiger partial charge in [0.25, 0.3) is 5.91 Å². The van der Waals surface area contributed by atoms with Crippen LogP contribution in [0.15, 0.2) is 54.6 Å². The highest BCUT2D eigenvalue weighted by Crippen LogP contribution is 2.38. The largest absolute Gasteiger partial charge is 0.396 e. The molecule has 7 heteroatoms. The van der Waals surface area contributed by atoms with E-state index in [-0.39, 0.29) is 24.5 Å². The van der Waals surface area contributed by atoms with Gasteiger partial charge in [0.15, 0.2) is 0 Å². The number of piperidine rings is 1. The average molecular weight is 457 g/mol. The minimum atomic E-state index is -3.48. The molecule has 1 N–H and O–H groups in total. The lowest BCUT2D eigenvalue weighted by atomic mass is 9.98. The third kappa shape index (κ3) is 4.60. The van der Waals surface area contributed by atoms with Crippen LogP contribution in [0.4, 0.5) is 0 Å². The maximum atomic E-state index is 13.4. The Labute approximate surface area is 190 Å². The van der Waals surface area contributed by atoms with E-state index in [1.165, 1.54) is 0 Å². The van der Waals surface area contributed by atoms with Crippen LogP contribution in [-0.4, -0.2) is 54.9 Å². The number of likely N-dealkylation sites (tertiary alicyclic amines) is 1. The van der Waals surface area contributed by atoms with Crippen molar-refractivity contribution in [1.82, 2.24) is 9.21 Å². The Morgan fingerprint density at radius 2 is 1.72 bits per heavy atom. The Morgan fingerprint density at radius 3 is 2.41 bits per heavy atom. The van der Waals surface area contributed by atoms with Crippen molar-refractivity contribution < 1.29 is 18.3 Å². The molecule has 0 radical (unpaired) electrons. The molecule has 2 fully saturated rings. The summed E-state index contributed by atoms with van der Waals surface area (Å²) >= 11 is 0. The summed E-state index contributed by atoms with van der Waals surface area (Å²) in [6, 6.07) is 16.5. The highest BCUT2D eigenvalue weighted by molar-refractivity contribution is 7.89. The Balaban J connectivity index is 1.49. The number of benzene rings is 2. The number of aliphatic hydroxyl groups excluding tert-OH is 1. The number of hydrogen-bond donors (Lipinski definition) is 1. The van der Waals surface area contributed by atoms with E-state index in [9.17, 15) is 18.3 Å². The van der Waals surface area contributed by atoms with Crippen molar-refractivity contribution in [1.29, 1.82) is 0 Å². The molecule has 172 valence electrons. The van der Waals surface area contributed by atoms with Gasteiger partial charge in [-0.05, 0) is 61.8 Å². The predicted molar refractivity (Wildman–Crippen MR) is 125 cm³/mol. The second-order valence-electron chi connectivity index (χ2n) is 8.94. The molecular formula is C25H32N2O4S. The molecule has 2 saturated heterocycles. The van der Waals surface area contributed by atoms with Crippen LogP contribution in [0.3, 0.4) is 0 Å². The molecule has 2 aromatic carbocycles. The van der Waals surface area contributed by atoms with Gasteiger partial charge in [0.2, 0.25) is 10.0 Å². The zero-order chi connectivity index (χ0) is 22.7. The number of aliphatic hydroxyl groups is 1. The van der Waals surface area contributed by atoms with Crippen molar-refractivity contribution in [3.8, 4) is 0 Å². The summed E-state index contributed by atoms with van der Waals surface area (Å²) in [5, 5.41) is 8.91. The SMILES string of the molecule is CC(c1ccc(C(=O)N2CCCC(CO)C2)cc1)N1CCCC(c2ccccc2)S1(=O)=O. The number of hydrogen-bond acceptors (Lipinski definition) is 4. The van der Waals surface area contributed by atoms with Crippen molar-refractivity contribution in [2.45, 2.75) is 43.9 Å². The van der Waals surface area contributed by atoms with Gasteiger partial charge in [0, 0.05) is 37.8 Å². The number of nitrogens with zero attached hydrogens (tertiary/aromatic N) is 2. The highest BCUT2D eigenvalue weighted by Gasteiger charge is 2.39. The first-order valence-electron chi connectivity index (χ1n) is 11.5. The van der Waals surface area contributed by atoms with E-state index in [1.807, 2.05) is 54.3 Å². The fraction of sp³-hybridized carbons (Fsp3) is 0.480. The van der Waals surface area contributed by atoms with Crippen LogP contribution >= 0.6 is 0 Å². The van der Waals surface area contributed by atoms with Crippen LogP contribution in [0.2, 0.25) is 0 Å². The molecule has 0 saturated carbocycles. The van der Waals surface area contributed by atoms with Crippen LogP contribution in [0, 0.1) is 5.92 Å². The topological polar surface area (TPSA) is 77.9 Å². The van der Waals surface area contributed by atoms with Gasteiger partial charge in [0.05, 0.1) is 0 Å². The first-order chi connectivity index (χ1) is 15.4. The van der Waals surface area contributed by atoms with E-state index in [4.69, 9.17) is 0 Å². The number of carbonyl (C=O) groups excluding carboxylic acids is 1. The zero-order valence-electron chi connectivity index (χ0n) is 18.6. The van der Waals surface area contributed by atoms with Gasteiger partial charge in [-0.25, -0.2) is 8.42 Å². The van der Waals surface area contributed by atoms with Gasteiger partial charge < -0.3 is 10.0 Å². The molecule has 6 nitrogen and oxygen atoms in total. The molecule has 1 amide bonds. The molecular weight excluding hydrogens is 424 g/mol. The molecule has 2 heterocycles. The molecule has 0 spiro atoms. The molecule has 2 aliphatic heterocycles. The van der Waals surface area contributed by atoms with Crippen LogP contribution in [-0.2, 0) is 10.0 Å². The summed E-state index contributed by atoms with van der Waals surface area (Å²) in [6.07, 6.45) is 3.31. The third-order valence-corrected chi connectivity index (χ3v) is 9.22. The monoisotopic (exact) mass is 456 g/mol. The molecule has 32 heavy (non-hydrogen) atoms. The van der Waals surface area contributed by atoms with Crippen molar-refractivity contribution in [3.05, 3.63) is 71.3 Å². The lowest BCUT2D eigenvalue weighted by molar-refractivity contribution is 0.0620. The summed E-state index contributed by atoms with van der Waals surface area (Å²) in [6.45, 7) is 3.82. The third-order valence-electron chi connectivity index (χ3n) is 6.84.